The van der Waals surface area contributed by atoms with Crippen LogP contribution in [0.15, 0.2) is 12.3 Å². The monoisotopic (exact) mass is 201 g/mol. The molecule has 0 amide bonds. The zero-order valence-corrected chi connectivity index (χ0v) is 5.64. The molecule has 6 heteroatoms. The van der Waals surface area contributed by atoms with Crippen LogP contribution in [0.2, 0.25) is 0 Å². The lowest BCUT2D eigenvalue weighted by molar-refractivity contribution is -0.403. The summed E-state index contributed by atoms with van der Waals surface area (Å²) in [7, 11) is 0. The van der Waals surface area contributed by atoms with Crippen LogP contribution in [0.3, 0.4) is 0 Å². The largest absolute Gasteiger partial charge is 0.326 e. The molecule has 0 saturated heterocycles. The van der Waals surface area contributed by atoms with Gasteiger partial charge in [-0.2, -0.15) is 8.78 Å². The number of nitro groups is 1. The van der Waals surface area contributed by atoms with Gasteiger partial charge in [-0.25, -0.2) is 0 Å². The van der Waals surface area contributed by atoms with Gasteiger partial charge in [-0.05, 0) is 15.9 Å². The molecule has 52 valence electrons. The van der Waals surface area contributed by atoms with E-state index in [1.54, 1.807) is 0 Å². The Bertz CT molecular complexity index is 141. The van der Waals surface area contributed by atoms with Crippen molar-refractivity contribution in [1.29, 1.82) is 0 Å². The topological polar surface area (TPSA) is 43.1 Å². The van der Waals surface area contributed by atoms with Crippen molar-refractivity contribution in [2.24, 2.45) is 0 Å². The van der Waals surface area contributed by atoms with Gasteiger partial charge in [0.2, 0.25) is 6.20 Å². The molecule has 0 N–H and O–H groups in total. The molecule has 0 aromatic carbocycles. The Hall–Kier alpha value is -0.520. The van der Waals surface area contributed by atoms with Crippen molar-refractivity contribution < 1.29 is 13.7 Å². The summed E-state index contributed by atoms with van der Waals surface area (Å²) in [6, 6.07) is 0. The number of halogens is 3. The third-order valence-electron chi connectivity index (χ3n) is 0.385. The molecular formula is C3H2BrF2NO2. The van der Waals surface area contributed by atoms with Crippen LogP contribution >= 0.6 is 15.9 Å². The van der Waals surface area contributed by atoms with Gasteiger partial charge in [0.25, 0.3) is 0 Å². The van der Waals surface area contributed by atoms with Crippen LogP contribution < -0.4 is 0 Å². The quantitative estimate of drug-likeness (QED) is 0.389. The number of allylic oxidation sites excluding steroid dienone is 1. The maximum atomic E-state index is 11.6. The molecule has 0 rings (SSSR count). The van der Waals surface area contributed by atoms with Crippen molar-refractivity contribution in [1.82, 2.24) is 0 Å². The van der Waals surface area contributed by atoms with Gasteiger partial charge in [0.15, 0.2) is 0 Å². The average Bonchev–Trinajstić information content (AvgIpc) is 1.59. The lowest BCUT2D eigenvalue weighted by Crippen LogP contribution is -1.99. The fourth-order valence-corrected chi connectivity index (χ4v) is 0.264. The first-order chi connectivity index (χ1) is 3.92. The average molecular weight is 202 g/mol. The molecule has 0 heterocycles. The van der Waals surface area contributed by atoms with Crippen LogP contribution in [0.5, 0.6) is 0 Å². The van der Waals surface area contributed by atoms with E-state index in [1.165, 1.54) is 0 Å². The Morgan fingerprint density at radius 3 is 2.22 bits per heavy atom. The maximum Gasteiger partial charge on any atom is 0.326 e. The normalized spacial score (nSPS) is 12.3. The molecule has 0 aliphatic carbocycles. The molecule has 0 spiro atoms. The first-order valence-corrected chi connectivity index (χ1v) is 2.61. The molecule has 0 bridgehead atoms. The predicted octanol–water partition coefficient (Wildman–Crippen LogP) is 1.76. The molecule has 0 aromatic rings. The molecule has 0 aliphatic rings. The molecule has 3 nitrogen and oxygen atoms in total. The minimum absolute atomic E-state index is 0.146. The summed E-state index contributed by atoms with van der Waals surface area (Å²) in [5, 5.41) is 9.41. The van der Waals surface area contributed by atoms with Crippen LogP contribution in [-0.4, -0.2) is 9.76 Å². The number of hydrogen-bond acceptors (Lipinski definition) is 2. The van der Waals surface area contributed by atoms with E-state index in [9.17, 15) is 18.9 Å². The Morgan fingerprint density at radius 1 is 1.67 bits per heavy atom. The molecule has 0 aromatic heterocycles. The van der Waals surface area contributed by atoms with Crippen molar-refractivity contribution in [2.75, 3.05) is 0 Å². The molecule has 0 atom stereocenters. The lowest BCUT2D eigenvalue weighted by Gasteiger charge is -1.94. The maximum absolute atomic E-state index is 11.6. The molecule has 0 unspecified atom stereocenters. The van der Waals surface area contributed by atoms with E-state index >= 15 is 0 Å². The molecular weight excluding hydrogens is 200 g/mol. The minimum atomic E-state index is -3.28. The van der Waals surface area contributed by atoms with Gasteiger partial charge in [-0.15, -0.1) is 0 Å². The second-order valence-corrected chi connectivity index (χ2v) is 2.20. The van der Waals surface area contributed by atoms with Gasteiger partial charge in [-0.3, -0.25) is 10.1 Å². The third-order valence-corrected chi connectivity index (χ3v) is 0.650. The molecule has 0 saturated carbocycles. The second kappa shape index (κ2) is 2.86. The Balaban J connectivity index is 3.86. The van der Waals surface area contributed by atoms with Crippen molar-refractivity contribution in [2.45, 2.75) is 4.83 Å². The van der Waals surface area contributed by atoms with Crippen LogP contribution in [0, 0.1) is 10.1 Å². The van der Waals surface area contributed by atoms with E-state index in [2.05, 4.69) is 0 Å². The highest BCUT2D eigenvalue weighted by molar-refractivity contribution is 9.10. The predicted molar refractivity (Wildman–Crippen MR) is 30.0 cm³/mol. The van der Waals surface area contributed by atoms with Crippen molar-refractivity contribution in [3.63, 3.8) is 0 Å². The zero-order valence-electron chi connectivity index (χ0n) is 4.05. The van der Waals surface area contributed by atoms with Gasteiger partial charge >= 0.3 is 4.83 Å². The Kier molecular flexibility index (Phi) is 2.69. The van der Waals surface area contributed by atoms with Crippen molar-refractivity contribution in [3.8, 4) is 0 Å². The van der Waals surface area contributed by atoms with E-state index in [0.29, 0.717) is 0 Å². The van der Waals surface area contributed by atoms with Gasteiger partial charge in [0.1, 0.15) is 0 Å². The van der Waals surface area contributed by atoms with Gasteiger partial charge in [-0.1, -0.05) is 0 Å². The SMILES string of the molecule is O=[N+]([O-])/C=C/C(F)(F)Br. The first-order valence-electron chi connectivity index (χ1n) is 1.81. The first kappa shape index (κ1) is 8.48. The van der Waals surface area contributed by atoms with E-state index in [4.69, 9.17) is 0 Å². The highest BCUT2D eigenvalue weighted by Gasteiger charge is 2.20. The van der Waals surface area contributed by atoms with Crippen molar-refractivity contribution in [3.05, 3.63) is 22.4 Å². The van der Waals surface area contributed by atoms with Gasteiger partial charge in [0.05, 0.1) is 11.0 Å². The third kappa shape index (κ3) is 7.48. The van der Waals surface area contributed by atoms with Gasteiger partial charge < -0.3 is 0 Å². The Morgan fingerprint density at radius 2 is 2.11 bits per heavy atom. The molecule has 0 fully saturated rings. The van der Waals surface area contributed by atoms with E-state index in [1.807, 2.05) is 15.9 Å². The lowest BCUT2D eigenvalue weighted by atomic mass is 10.6. The zero-order chi connectivity index (χ0) is 7.49. The van der Waals surface area contributed by atoms with Crippen LogP contribution in [0.25, 0.3) is 0 Å². The fraction of sp³-hybridized carbons (Fsp3) is 0.333. The van der Waals surface area contributed by atoms with E-state index < -0.39 is 9.76 Å². The summed E-state index contributed by atoms with van der Waals surface area (Å²) in [5.41, 5.74) is 0. The van der Waals surface area contributed by atoms with E-state index in [-0.39, 0.29) is 12.3 Å². The van der Waals surface area contributed by atoms with Gasteiger partial charge in [0, 0.05) is 0 Å². The summed E-state index contributed by atoms with van der Waals surface area (Å²) in [4.78, 5) is 5.17. The smallest absolute Gasteiger partial charge is 0.259 e. The highest BCUT2D eigenvalue weighted by atomic mass is 79.9. The summed E-state index contributed by atoms with van der Waals surface area (Å²) >= 11 is 1.88. The van der Waals surface area contributed by atoms with Crippen LogP contribution in [0.1, 0.15) is 0 Å². The van der Waals surface area contributed by atoms with Crippen LogP contribution in [0.4, 0.5) is 8.78 Å². The number of nitrogens with zero attached hydrogens (tertiary/aromatic N) is 1. The van der Waals surface area contributed by atoms with Crippen molar-refractivity contribution >= 4 is 15.9 Å². The minimum Gasteiger partial charge on any atom is -0.259 e. The summed E-state index contributed by atoms with van der Waals surface area (Å²) in [5.74, 6) is 0. The van der Waals surface area contributed by atoms with E-state index in [0.717, 1.165) is 0 Å². The fourth-order valence-electron chi connectivity index (χ4n) is 0.145. The standard InChI is InChI=1S/C3H2BrF2NO2/c4-3(5,6)1-2-7(8)9/h1-2H/b2-1+. The highest BCUT2D eigenvalue weighted by Crippen LogP contribution is 2.22. The number of alkyl halides is 3. The number of rotatable bonds is 2. The second-order valence-electron chi connectivity index (χ2n) is 1.14. The summed E-state index contributed by atoms with van der Waals surface area (Å²) in [6.45, 7) is 0. The van der Waals surface area contributed by atoms with Crippen LogP contribution in [-0.2, 0) is 0 Å². The Labute approximate surface area is 57.6 Å². The number of hydrogen-bond donors (Lipinski definition) is 0. The molecule has 0 radical (unpaired) electrons. The molecule has 0 aliphatic heterocycles. The summed E-state index contributed by atoms with van der Waals surface area (Å²) in [6.07, 6.45) is 0.321. The summed E-state index contributed by atoms with van der Waals surface area (Å²) < 4.78 is 23.2. The molecule has 9 heavy (non-hydrogen) atoms.